The van der Waals surface area contributed by atoms with E-state index in [2.05, 4.69) is 103 Å². The molecule has 0 aromatic heterocycles. The molecule has 0 spiro atoms. The van der Waals surface area contributed by atoms with Crippen LogP contribution < -0.4 is 5.73 Å². The Kier molecular flexibility index (Phi) is 13.2. The molecule has 4 nitrogen and oxygen atoms in total. The number of phenols is 1. The van der Waals surface area contributed by atoms with Crippen molar-refractivity contribution >= 4 is 12.0 Å². The summed E-state index contributed by atoms with van der Waals surface area (Å²) in [7, 11) is 0. The summed E-state index contributed by atoms with van der Waals surface area (Å²) in [5.41, 5.74) is 11.7. The lowest BCUT2D eigenvalue weighted by molar-refractivity contribution is -0.145. The molecular formula is C54H67NO3. The molecule has 58 heavy (non-hydrogen) atoms. The van der Waals surface area contributed by atoms with Crippen molar-refractivity contribution in [1.82, 2.24) is 0 Å². The number of carboxylic acid groups (broad SMARTS) is 1. The van der Waals surface area contributed by atoms with Crippen LogP contribution in [0, 0.1) is 59.2 Å². The molecule has 0 saturated heterocycles. The molecule has 8 rings (SSSR count). The van der Waals surface area contributed by atoms with Crippen molar-refractivity contribution in [3.05, 3.63) is 144 Å². The summed E-state index contributed by atoms with van der Waals surface area (Å²) in [4.78, 5) is 13.5. The lowest BCUT2D eigenvalue weighted by Crippen LogP contribution is -2.57. The van der Waals surface area contributed by atoms with E-state index in [-0.39, 0.29) is 40.9 Å². The van der Waals surface area contributed by atoms with Gasteiger partial charge in [-0.15, -0.1) is 0 Å². The van der Waals surface area contributed by atoms with E-state index >= 15 is 0 Å². The number of carbonyl (C=O) groups is 1. The van der Waals surface area contributed by atoms with E-state index in [1.54, 1.807) is 6.07 Å². The predicted octanol–water partition coefficient (Wildman–Crippen LogP) is 12.1. The number of aliphatic carboxylic acids is 1. The van der Waals surface area contributed by atoms with Gasteiger partial charge in [0.05, 0.1) is 5.92 Å². The average Bonchev–Trinajstić information content (AvgIpc) is 3.25. The van der Waals surface area contributed by atoms with Gasteiger partial charge in [0.2, 0.25) is 0 Å². The summed E-state index contributed by atoms with van der Waals surface area (Å²) in [6.45, 7) is 0.532. The van der Waals surface area contributed by atoms with Crippen molar-refractivity contribution < 1.29 is 15.0 Å². The molecule has 0 bridgehead atoms. The Morgan fingerprint density at radius 3 is 2.40 bits per heavy atom. The normalized spacial score (nSPS) is 31.1. The maximum Gasteiger partial charge on any atom is 0.310 e. The fourth-order valence-corrected chi connectivity index (χ4v) is 12.9. The Balaban J connectivity index is 1.14. The molecule has 4 heteroatoms. The molecule has 0 unspecified atom stereocenters. The highest BCUT2D eigenvalue weighted by Gasteiger charge is 2.59. The van der Waals surface area contributed by atoms with E-state index in [0.29, 0.717) is 24.1 Å². The highest BCUT2D eigenvalue weighted by atomic mass is 16.4. The second-order valence-corrected chi connectivity index (χ2v) is 18.8. The van der Waals surface area contributed by atoms with E-state index in [1.807, 2.05) is 18.2 Å². The third-order valence-corrected chi connectivity index (χ3v) is 15.6. The van der Waals surface area contributed by atoms with Gasteiger partial charge in [0.1, 0.15) is 5.75 Å². The van der Waals surface area contributed by atoms with Gasteiger partial charge in [0.25, 0.3) is 0 Å². The van der Waals surface area contributed by atoms with Crippen molar-refractivity contribution in [2.45, 2.75) is 102 Å². The molecule has 4 N–H and O–H groups in total. The standard InChI is InChI=1S/C54H67NO3/c55-37-45-27-30-47(53(57)58)52-50(54-33-13-22-43(35-41-20-12-23-46(56)36-41)49(54)31-28-42-21-10-11-24-48(42)54)32-29-44(51(45)52)34-40(26-25-39-17-7-2-8-18-39)19-9-3-6-16-38-14-4-1-5-15-38/h2-3,7-12,17-18,20-21,23-24,27-32,36,38,40,43-45,47,49-52,56H,1,4-6,13-16,19,22,25-26,33-35,37,55H2,(H,57,58)/t40-,43+,44-,45-,47-,49+,50+,51-,52+,54-/m0/s1. The first-order valence-electron chi connectivity index (χ1n) is 23.0. The minimum absolute atomic E-state index is 0.0550. The average molecular weight is 778 g/mol. The molecule has 0 heterocycles. The van der Waals surface area contributed by atoms with E-state index in [0.717, 1.165) is 57.3 Å². The number of aromatic hydroxyl groups is 1. The van der Waals surface area contributed by atoms with Crippen molar-refractivity contribution in [2.24, 2.45) is 64.9 Å². The van der Waals surface area contributed by atoms with E-state index < -0.39 is 11.9 Å². The molecule has 2 saturated carbocycles. The Morgan fingerprint density at radius 1 is 0.793 bits per heavy atom. The molecule has 5 aliphatic rings. The van der Waals surface area contributed by atoms with Gasteiger partial charge in [-0.2, -0.15) is 0 Å². The van der Waals surface area contributed by atoms with Crippen molar-refractivity contribution in [3.8, 4) is 5.75 Å². The third-order valence-electron chi connectivity index (χ3n) is 15.6. The molecule has 306 valence electrons. The molecule has 0 amide bonds. The minimum Gasteiger partial charge on any atom is -0.508 e. The zero-order valence-electron chi connectivity index (χ0n) is 34.6. The Hall–Kier alpha value is -4.15. The molecular weight excluding hydrogens is 711 g/mol. The summed E-state index contributed by atoms with van der Waals surface area (Å²) < 4.78 is 0. The first-order chi connectivity index (χ1) is 28.4. The Morgan fingerprint density at radius 2 is 1.59 bits per heavy atom. The van der Waals surface area contributed by atoms with Gasteiger partial charge in [-0.1, -0.05) is 154 Å². The van der Waals surface area contributed by atoms with E-state index in [9.17, 15) is 15.0 Å². The van der Waals surface area contributed by atoms with Gasteiger partial charge in [-0.05, 0) is 152 Å². The first-order valence-corrected chi connectivity index (χ1v) is 23.0. The molecule has 0 radical (unpaired) electrons. The lowest BCUT2D eigenvalue weighted by Gasteiger charge is -2.59. The topological polar surface area (TPSA) is 83.6 Å². The molecule has 0 aliphatic heterocycles. The fourth-order valence-electron chi connectivity index (χ4n) is 12.9. The number of carboxylic acids is 1. The molecule has 3 aromatic carbocycles. The van der Waals surface area contributed by atoms with Crippen LogP contribution in [0.1, 0.15) is 106 Å². The van der Waals surface area contributed by atoms with E-state index in [1.165, 1.54) is 67.2 Å². The number of rotatable bonds is 15. The van der Waals surface area contributed by atoms with Crippen molar-refractivity contribution in [3.63, 3.8) is 0 Å². The predicted molar refractivity (Wildman–Crippen MR) is 238 cm³/mol. The fraction of sp³-hybridized carbons (Fsp3) is 0.500. The Bertz CT molecular complexity index is 1940. The van der Waals surface area contributed by atoms with Crippen LogP contribution in [0.2, 0.25) is 0 Å². The smallest absolute Gasteiger partial charge is 0.310 e. The van der Waals surface area contributed by atoms with Crippen molar-refractivity contribution in [2.75, 3.05) is 6.54 Å². The van der Waals surface area contributed by atoms with Crippen LogP contribution in [-0.4, -0.2) is 22.7 Å². The van der Waals surface area contributed by atoms with Crippen LogP contribution in [0.15, 0.2) is 121 Å². The zero-order chi connectivity index (χ0) is 39.9. The number of allylic oxidation sites excluding steroid dienone is 5. The van der Waals surface area contributed by atoms with Crippen LogP contribution in [0.3, 0.4) is 0 Å². The molecule has 3 aromatic rings. The van der Waals surface area contributed by atoms with Gasteiger partial charge in [-0.3, -0.25) is 4.79 Å². The molecule has 2 fully saturated rings. The number of benzene rings is 3. The van der Waals surface area contributed by atoms with Crippen LogP contribution in [0.5, 0.6) is 5.75 Å². The van der Waals surface area contributed by atoms with Gasteiger partial charge in [-0.25, -0.2) is 0 Å². The van der Waals surface area contributed by atoms with Crippen LogP contribution >= 0.6 is 0 Å². The summed E-state index contributed by atoms with van der Waals surface area (Å²) in [6.07, 6.45) is 37.0. The maximum atomic E-state index is 13.5. The highest BCUT2D eigenvalue weighted by Crippen LogP contribution is 2.62. The second kappa shape index (κ2) is 18.8. The molecule has 10 atom stereocenters. The van der Waals surface area contributed by atoms with Crippen LogP contribution in [0.25, 0.3) is 6.08 Å². The number of nitrogens with two attached hydrogens (primary N) is 1. The van der Waals surface area contributed by atoms with E-state index in [4.69, 9.17) is 5.73 Å². The molecule has 5 aliphatic carbocycles. The number of hydrogen-bond donors (Lipinski definition) is 3. The summed E-state index contributed by atoms with van der Waals surface area (Å²) in [6, 6.07) is 27.7. The monoisotopic (exact) mass is 778 g/mol. The second-order valence-electron chi connectivity index (χ2n) is 18.8. The zero-order valence-corrected chi connectivity index (χ0v) is 34.6. The summed E-state index contributed by atoms with van der Waals surface area (Å²) in [5, 5.41) is 21.5. The quantitative estimate of drug-likeness (QED) is 0.134. The first kappa shape index (κ1) is 40.6. The van der Waals surface area contributed by atoms with Gasteiger partial charge < -0.3 is 15.9 Å². The number of aryl methyl sites for hydroxylation is 1. The highest BCUT2D eigenvalue weighted by molar-refractivity contribution is 5.73. The Labute approximate surface area is 348 Å². The maximum absolute atomic E-state index is 13.5. The van der Waals surface area contributed by atoms with Crippen molar-refractivity contribution in [1.29, 1.82) is 0 Å². The minimum atomic E-state index is -0.706. The van der Waals surface area contributed by atoms with Gasteiger partial charge in [0, 0.05) is 5.41 Å². The van der Waals surface area contributed by atoms with Gasteiger partial charge >= 0.3 is 5.97 Å². The SMILES string of the molecule is NC[C@@H]1C=C[C@H](C(=O)O)[C@H]2[C@H]1[C@H](C[C@@H](CC=CCCC1CCCCC1)CCc1ccccc1)C=C[C@H]2[C@]12CCC[C@H](Cc3cccc(O)c3)[C@H]1C=Cc1ccccc12. The summed E-state index contributed by atoms with van der Waals surface area (Å²) >= 11 is 0. The number of hydrogen-bond acceptors (Lipinski definition) is 3. The van der Waals surface area contributed by atoms with Gasteiger partial charge in [0.15, 0.2) is 0 Å². The van der Waals surface area contributed by atoms with Crippen LogP contribution in [0.4, 0.5) is 0 Å². The lowest BCUT2D eigenvalue weighted by atomic mass is 9.44. The third kappa shape index (κ3) is 8.74. The van der Waals surface area contributed by atoms with Crippen LogP contribution in [-0.2, 0) is 23.1 Å². The largest absolute Gasteiger partial charge is 0.508 e. The number of phenolic OH excluding ortho intramolecular Hbond substituents is 1. The number of fused-ring (bicyclic) bond motifs is 4. The summed E-state index contributed by atoms with van der Waals surface area (Å²) in [5.74, 6) is 1.61.